The van der Waals surface area contributed by atoms with Crippen LogP contribution in [-0.2, 0) is 17.6 Å². The van der Waals surface area contributed by atoms with Gasteiger partial charge in [0.1, 0.15) is 11.6 Å². The van der Waals surface area contributed by atoms with Gasteiger partial charge in [-0.05, 0) is 49.4 Å². The highest BCUT2D eigenvalue weighted by Gasteiger charge is 2.39. The zero-order valence-electron chi connectivity index (χ0n) is 18.7. The van der Waals surface area contributed by atoms with Crippen LogP contribution in [0.5, 0.6) is 0 Å². The number of nitrogens with one attached hydrogen (secondary N) is 1. The van der Waals surface area contributed by atoms with Gasteiger partial charge in [0.05, 0.1) is 17.8 Å². The zero-order chi connectivity index (χ0) is 22.4. The lowest BCUT2D eigenvalue weighted by Crippen LogP contribution is -2.56. The number of rotatable bonds is 3. The zero-order valence-corrected chi connectivity index (χ0v) is 18.7. The first-order valence-electron chi connectivity index (χ1n) is 12.0. The molecule has 0 unspecified atom stereocenters. The molecule has 172 valence electrons. The highest BCUT2D eigenvalue weighted by atomic mass is 19.1. The van der Waals surface area contributed by atoms with Crippen LogP contribution in [-0.4, -0.2) is 64.7 Å². The van der Waals surface area contributed by atoms with E-state index in [1.807, 2.05) is 21.5 Å². The van der Waals surface area contributed by atoms with E-state index in [9.17, 15) is 9.18 Å². The molecule has 6 rings (SSSR count). The third kappa shape index (κ3) is 3.76. The van der Waals surface area contributed by atoms with E-state index in [1.165, 1.54) is 11.6 Å². The molecule has 7 nitrogen and oxygen atoms in total. The molecule has 3 aromatic rings. The fourth-order valence-electron chi connectivity index (χ4n) is 5.60. The van der Waals surface area contributed by atoms with Crippen LogP contribution in [0, 0.1) is 11.7 Å². The van der Waals surface area contributed by atoms with Gasteiger partial charge in [-0.25, -0.2) is 9.37 Å². The second kappa shape index (κ2) is 8.41. The Labute approximate surface area is 192 Å². The summed E-state index contributed by atoms with van der Waals surface area (Å²) in [5.41, 5.74) is 4.34. The number of fused-ring (bicyclic) bond motifs is 2. The number of anilines is 1. The normalized spacial score (nSPS) is 19.9. The predicted octanol–water partition coefficient (Wildman–Crippen LogP) is 2.40. The predicted molar refractivity (Wildman–Crippen MR) is 124 cm³/mol. The van der Waals surface area contributed by atoms with Crippen molar-refractivity contribution in [1.82, 2.24) is 24.8 Å². The molecule has 33 heavy (non-hydrogen) atoms. The van der Waals surface area contributed by atoms with E-state index in [0.717, 1.165) is 87.7 Å². The Bertz CT molecular complexity index is 1180. The molecule has 2 aromatic heterocycles. The van der Waals surface area contributed by atoms with Gasteiger partial charge in [0.25, 0.3) is 0 Å². The minimum Gasteiger partial charge on any atom is -0.354 e. The summed E-state index contributed by atoms with van der Waals surface area (Å²) in [4.78, 5) is 22.4. The van der Waals surface area contributed by atoms with Gasteiger partial charge in [-0.3, -0.25) is 4.79 Å². The molecule has 0 atom stereocenters. The van der Waals surface area contributed by atoms with E-state index in [1.54, 1.807) is 18.3 Å². The Kier molecular flexibility index (Phi) is 5.25. The summed E-state index contributed by atoms with van der Waals surface area (Å²) in [6.07, 6.45) is 5.43. The van der Waals surface area contributed by atoms with Crippen LogP contribution in [0.25, 0.3) is 5.65 Å². The summed E-state index contributed by atoms with van der Waals surface area (Å²) < 4.78 is 15.5. The van der Waals surface area contributed by atoms with Crippen molar-refractivity contribution in [1.29, 1.82) is 0 Å². The molecule has 0 spiro atoms. The summed E-state index contributed by atoms with van der Waals surface area (Å²) in [7, 11) is 0. The van der Waals surface area contributed by atoms with Gasteiger partial charge < -0.3 is 15.1 Å². The molecule has 0 radical (unpaired) electrons. The SMILES string of the molecule is O=C(C1CN(c2c3c(nc4ccnn24)CCNCC3)C1)N1CCC(c2cccc(F)c2)CC1. The van der Waals surface area contributed by atoms with Crippen LogP contribution in [0.3, 0.4) is 0 Å². The average Bonchev–Trinajstić information content (AvgIpc) is 3.14. The molecule has 0 saturated carbocycles. The minimum absolute atomic E-state index is 0.0223. The molecule has 1 amide bonds. The number of carbonyl (C=O) groups excluding carboxylic acids is 1. The number of likely N-dealkylation sites (tertiary alicyclic amines) is 1. The van der Waals surface area contributed by atoms with Crippen LogP contribution < -0.4 is 10.2 Å². The number of halogens is 1. The first kappa shape index (κ1) is 20.6. The molecular weight excluding hydrogens is 419 g/mol. The summed E-state index contributed by atoms with van der Waals surface area (Å²) in [5, 5.41) is 8.00. The molecule has 1 N–H and O–H groups in total. The largest absolute Gasteiger partial charge is 0.354 e. The Morgan fingerprint density at radius 1 is 1.09 bits per heavy atom. The van der Waals surface area contributed by atoms with E-state index < -0.39 is 0 Å². The third-order valence-corrected chi connectivity index (χ3v) is 7.44. The molecule has 1 aromatic carbocycles. The van der Waals surface area contributed by atoms with Crippen LogP contribution in [0.1, 0.15) is 35.6 Å². The Morgan fingerprint density at radius 3 is 2.73 bits per heavy atom. The fourth-order valence-corrected chi connectivity index (χ4v) is 5.60. The van der Waals surface area contributed by atoms with Crippen molar-refractivity contribution < 1.29 is 9.18 Å². The number of piperidine rings is 1. The maximum Gasteiger partial charge on any atom is 0.229 e. The van der Waals surface area contributed by atoms with Crippen molar-refractivity contribution in [3.05, 3.63) is 59.2 Å². The second-order valence-corrected chi connectivity index (χ2v) is 9.47. The monoisotopic (exact) mass is 448 g/mol. The maximum absolute atomic E-state index is 13.6. The van der Waals surface area contributed by atoms with E-state index in [2.05, 4.69) is 15.3 Å². The first-order chi connectivity index (χ1) is 16.2. The molecule has 2 saturated heterocycles. The molecule has 3 aliphatic heterocycles. The standard InChI is InChI=1S/C25H29FN6O/c26-20-3-1-2-18(14-20)17-7-12-30(13-8-17)25(33)19-15-31(16-19)24-21-4-9-27-10-5-22(21)29-23-6-11-28-32(23)24/h1-3,6,11,14,17,19,27H,4-5,7-10,12-13,15-16H2. The second-order valence-electron chi connectivity index (χ2n) is 9.47. The molecule has 8 heteroatoms. The van der Waals surface area contributed by atoms with Gasteiger partial charge in [0, 0.05) is 50.8 Å². The van der Waals surface area contributed by atoms with Crippen molar-refractivity contribution in [3.8, 4) is 0 Å². The lowest BCUT2D eigenvalue weighted by atomic mass is 9.88. The van der Waals surface area contributed by atoms with Gasteiger partial charge >= 0.3 is 0 Å². The molecular formula is C25H29FN6O. The van der Waals surface area contributed by atoms with Crippen LogP contribution in [0.15, 0.2) is 36.5 Å². The summed E-state index contributed by atoms with van der Waals surface area (Å²) in [6, 6.07) is 8.85. The lowest BCUT2D eigenvalue weighted by molar-refractivity contribution is -0.137. The van der Waals surface area contributed by atoms with E-state index in [4.69, 9.17) is 4.98 Å². The van der Waals surface area contributed by atoms with Crippen molar-refractivity contribution in [2.24, 2.45) is 5.92 Å². The highest BCUT2D eigenvalue weighted by molar-refractivity contribution is 5.82. The number of hydrogen-bond acceptors (Lipinski definition) is 5. The minimum atomic E-state index is -0.184. The lowest BCUT2D eigenvalue weighted by Gasteiger charge is -2.44. The van der Waals surface area contributed by atoms with Gasteiger partial charge in [-0.15, -0.1) is 0 Å². The summed E-state index contributed by atoms with van der Waals surface area (Å²) in [5.74, 6) is 1.53. The van der Waals surface area contributed by atoms with E-state index in [0.29, 0.717) is 5.92 Å². The van der Waals surface area contributed by atoms with Crippen LogP contribution in [0.4, 0.5) is 10.2 Å². The first-order valence-corrected chi connectivity index (χ1v) is 12.0. The number of amides is 1. The number of carbonyl (C=O) groups is 1. The third-order valence-electron chi connectivity index (χ3n) is 7.44. The Morgan fingerprint density at radius 2 is 1.91 bits per heavy atom. The molecule has 0 bridgehead atoms. The van der Waals surface area contributed by atoms with Crippen molar-refractivity contribution in [2.75, 3.05) is 44.2 Å². The van der Waals surface area contributed by atoms with Gasteiger partial charge in [-0.1, -0.05) is 12.1 Å². The van der Waals surface area contributed by atoms with Crippen molar-refractivity contribution in [2.45, 2.75) is 31.6 Å². The molecule has 0 aliphatic carbocycles. The molecule has 3 aliphatic rings. The maximum atomic E-state index is 13.6. The smallest absolute Gasteiger partial charge is 0.229 e. The highest BCUT2D eigenvalue weighted by Crippen LogP contribution is 2.34. The number of nitrogens with zero attached hydrogens (tertiary/aromatic N) is 5. The topological polar surface area (TPSA) is 65.8 Å². The summed E-state index contributed by atoms with van der Waals surface area (Å²) in [6.45, 7) is 4.82. The van der Waals surface area contributed by atoms with E-state index in [-0.39, 0.29) is 17.6 Å². The van der Waals surface area contributed by atoms with Crippen molar-refractivity contribution in [3.63, 3.8) is 0 Å². The fraction of sp³-hybridized carbons (Fsp3) is 0.480. The van der Waals surface area contributed by atoms with Crippen LogP contribution >= 0.6 is 0 Å². The number of benzene rings is 1. The van der Waals surface area contributed by atoms with Gasteiger partial charge in [0.15, 0.2) is 5.65 Å². The average molecular weight is 449 g/mol. The van der Waals surface area contributed by atoms with Crippen molar-refractivity contribution >= 4 is 17.4 Å². The Hall–Kier alpha value is -3.00. The van der Waals surface area contributed by atoms with E-state index >= 15 is 0 Å². The molecule has 5 heterocycles. The Balaban J connectivity index is 1.13. The number of aromatic nitrogens is 3. The molecule has 2 fully saturated rings. The van der Waals surface area contributed by atoms with Crippen LogP contribution in [0.2, 0.25) is 0 Å². The summed E-state index contributed by atoms with van der Waals surface area (Å²) >= 11 is 0. The quantitative estimate of drug-likeness (QED) is 0.667. The van der Waals surface area contributed by atoms with Gasteiger partial charge in [0.2, 0.25) is 5.91 Å². The van der Waals surface area contributed by atoms with Gasteiger partial charge in [-0.2, -0.15) is 9.61 Å². The number of hydrogen-bond donors (Lipinski definition) is 1.